The van der Waals surface area contributed by atoms with Crippen LogP contribution in [-0.2, 0) is 0 Å². The fourth-order valence-electron chi connectivity index (χ4n) is 1.89. The Bertz CT molecular complexity index is 929. The summed E-state index contributed by atoms with van der Waals surface area (Å²) in [6.45, 7) is 0. The second-order valence-corrected chi connectivity index (χ2v) is 5.09. The van der Waals surface area contributed by atoms with E-state index in [0.29, 0.717) is 0 Å². The number of hydrogen-bond acceptors (Lipinski definition) is 7. The maximum absolute atomic E-state index is 11.2. The summed E-state index contributed by atoms with van der Waals surface area (Å²) in [5, 5.41) is 50.0. The first-order valence-corrected chi connectivity index (χ1v) is 7.41. The van der Waals surface area contributed by atoms with Crippen molar-refractivity contribution in [2.45, 2.75) is 0 Å². The number of rotatable bonds is 7. The van der Waals surface area contributed by atoms with Gasteiger partial charge in [-0.3, -0.25) is 9.78 Å². The lowest BCUT2D eigenvalue weighted by Crippen LogP contribution is -2.11. The average Bonchev–Trinajstić information content (AvgIpc) is 2.64. The standard InChI is InChI=1S/C16H10O10.CH2O3/c17-13(18)7-1-3-9(15(21)22)11(5-7)25-26-12-6-8(14(19)20)2-4-10(12)16(23)24;2-1(3)4/h1-6H,(H,17,18)(H,19,20)(H,21,22)(H,23,24);(H2,2,3,4). The molecule has 0 amide bonds. The molecule has 0 aliphatic carbocycles. The predicted octanol–water partition coefficient (Wildman–Crippen LogP) is 2.07. The zero-order valence-electron chi connectivity index (χ0n) is 14.5. The van der Waals surface area contributed by atoms with Crippen molar-refractivity contribution in [3.05, 3.63) is 58.7 Å². The minimum absolute atomic E-state index is 0.300. The molecule has 0 unspecified atom stereocenters. The summed E-state index contributed by atoms with van der Waals surface area (Å²) in [5.74, 6) is -6.61. The van der Waals surface area contributed by atoms with Gasteiger partial charge in [-0.2, -0.15) is 0 Å². The van der Waals surface area contributed by atoms with E-state index in [-0.39, 0.29) is 11.1 Å². The van der Waals surface area contributed by atoms with Crippen molar-refractivity contribution < 1.29 is 64.4 Å². The summed E-state index contributed by atoms with van der Waals surface area (Å²) in [5.41, 5.74) is -1.49. The van der Waals surface area contributed by atoms with E-state index in [9.17, 15) is 19.2 Å². The van der Waals surface area contributed by atoms with Gasteiger partial charge in [0.2, 0.25) is 0 Å². The Morgan fingerprint density at radius 2 is 0.833 bits per heavy atom. The van der Waals surface area contributed by atoms with Crippen LogP contribution in [0.25, 0.3) is 0 Å². The van der Waals surface area contributed by atoms with Crippen molar-refractivity contribution in [2.75, 3.05) is 0 Å². The molecule has 0 heterocycles. The van der Waals surface area contributed by atoms with Crippen LogP contribution in [0.15, 0.2) is 36.4 Å². The number of benzene rings is 2. The monoisotopic (exact) mass is 424 g/mol. The highest BCUT2D eigenvalue weighted by Crippen LogP contribution is 2.25. The van der Waals surface area contributed by atoms with Gasteiger partial charge < -0.3 is 30.6 Å². The number of aromatic carboxylic acids is 4. The van der Waals surface area contributed by atoms with Crippen LogP contribution in [-0.4, -0.2) is 60.7 Å². The van der Waals surface area contributed by atoms with E-state index in [2.05, 4.69) is 0 Å². The molecule has 13 nitrogen and oxygen atoms in total. The highest BCUT2D eigenvalue weighted by Gasteiger charge is 2.19. The number of carboxylic acid groups (broad SMARTS) is 6. The Balaban J connectivity index is 0.00000103. The second kappa shape index (κ2) is 9.93. The molecule has 0 bridgehead atoms. The Hall–Kier alpha value is -4.81. The van der Waals surface area contributed by atoms with Crippen LogP contribution in [0.1, 0.15) is 41.4 Å². The molecular formula is C17H12O13. The molecule has 0 fully saturated rings. The Kier molecular flexibility index (Phi) is 7.69. The number of carboxylic acids is 4. The molecule has 0 atom stereocenters. The van der Waals surface area contributed by atoms with Crippen molar-refractivity contribution in [2.24, 2.45) is 0 Å². The molecule has 0 aliphatic rings. The lowest BCUT2D eigenvalue weighted by Gasteiger charge is -2.11. The van der Waals surface area contributed by atoms with Gasteiger partial charge in [-0.05, 0) is 24.3 Å². The van der Waals surface area contributed by atoms with Gasteiger partial charge in [0.1, 0.15) is 11.1 Å². The van der Waals surface area contributed by atoms with E-state index in [1.165, 1.54) is 0 Å². The topological polar surface area (TPSA) is 225 Å². The molecule has 2 aromatic carbocycles. The lowest BCUT2D eigenvalue weighted by atomic mass is 10.1. The fourth-order valence-corrected chi connectivity index (χ4v) is 1.89. The SMILES string of the molecule is O=C(O)O.O=C(O)c1ccc(C(=O)O)c(OOc2cc(C(=O)O)ccc2C(=O)O)c1. The second-order valence-electron chi connectivity index (χ2n) is 5.09. The molecule has 0 aromatic heterocycles. The van der Waals surface area contributed by atoms with Crippen LogP contribution in [0.4, 0.5) is 4.79 Å². The first-order chi connectivity index (χ1) is 13.9. The molecule has 0 saturated heterocycles. The highest BCUT2D eigenvalue weighted by atomic mass is 17.2. The Morgan fingerprint density at radius 3 is 1.07 bits per heavy atom. The van der Waals surface area contributed by atoms with Crippen molar-refractivity contribution in [1.82, 2.24) is 0 Å². The van der Waals surface area contributed by atoms with Crippen LogP contribution in [0.3, 0.4) is 0 Å². The summed E-state index contributed by atoms with van der Waals surface area (Å²) >= 11 is 0. The van der Waals surface area contributed by atoms with E-state index in [1.54, 1.807) is 0 Å². The molecule has 0 radical (unpaired) electrons. The summed E-state index contributed by atoms with van der Waals surface area (Å²) in [4.78, 5) is 62.5. The third-order valence-electron chi connectivity index (χ3n) is 3.14. The quantitative estimate of drug-likeness (QED) is 0.277. The summed E-state index contributed by atoms with van der Waals surface area (Å²) < 4.78 is 0. The van der Waals surface area contributed by atoms with Gasteiger partial charge in [-0.15, -0.1) is 0 Å². The minimum Gasteiger partial charge on any atom is -0.478 e. The van der Waals surface area contributed by atoms with Gasteiger partial charge in [0.25, 0.3) is 0 Å². The molecular weight excluding hydrogens is 412 g/mol. The van der Waals surface area contributed by atoms with Gasteiger partial charge in [-0.25, -0.2) is 24.0 Å². The van der Waals surface area contributed by atoms with Crippen LogP contribution in [0.2, 0.25) is 0 Å². The zero-order chi connectivity index (χ0) is 23.0. The molecule has 158 valence electrons. The third-order valence-corrected chi connectivity index (χ3v) is 3.14. The number of carbonyl (C=O) groups is 5. The number of hydrogen-bond donors (Lipinski definition) is 6. The maximum Gasteiger partial charge on any atom is 0.503 e. The van der Waals surface area contributed by atoms with Gasteiger partial charge in [0, 0.05) is 12.1 Å². The Labute approximate surface area is 165 Å². The van der Waals surface area contributed by atoms with Crippen molar-refractivity contribution in [3.8, 4) is 11.5 Å². The summed E-state index contributed by atoms with van der Waals surface area (Å²) in [6.07, 6.45) is -1.83. The highest BCUT2D eigenvalue weighted by molar-refractivity contribution is 5.95. The lowest BCUT2D eigenvalue weighted by molar-refractivity contribution is -0.101. The van der Waals surface area contributed by atoms with Gasteiger partial charge in [0.05, 0.1) is 11.1 Å². The minimum atomic E-state index is -1.83. The third kappa shape index (κ3) is 6.41. The maximum atomic E-state index is 11.2. The van der Waals surface area contributed by atoms with Crippen molar-refractivity contribution in [1.29, 1.82) is 0 Å². The van der Waals surface area contributed by atoms with Crippen LogP contribution < -0.4 is 9.78 Å². The average molecular weight is 424 g/mol. The summed E-state index contributed by atoms with van der Waals surface area (Å²) in [7, 11) is 0. The Morgan fingerprint density at radius 1 is 0.533 bits per heavy atom. The zero-order valence-corrected chi connectivity index (χ0v) is 14.5. The van der Waals surface area contributed by atoms with Crippen molar-refractivity contribution in [3.63, 3.8) is 0 Å². The normalized spacial score (nSPS) is 9.47. The largest absolute Gasteiger partial charge is 0.503 e. The van der Waals surface area contributed by atoms with Crippen molar-refractivity contribution >= 4 is 30.0 Å². The van der Waals surface area contributed by atoms with Gasteiger partial charge >= 0.3 is 30.0 Å². The molecule has 13 heteroatoms. The summed E-state index contributed by atoms with van der Waals surface area (Å²) in [6, 6.07) is 5.74. The molecule has 2 aromatic rings. The smallest absolute Gasteiger partial charge is 0.478 e. The molecule has 0 spiro atoms. The van der Waals surface area contributed by atoms with E-state index in [1.807, 2.05) is 0 Å². The first-order valence-electron chi connectivity index (χ1n) is 7.41. The van der Waals surface area contributed by atoms with Crippen LogP contribution >= 0.6 is 0 Å². The van der Waals surface area contributed by atoms with Gasteiger partial charge in [0.15, 0.2) is 11.5 Å². The molecule has 30 heavy (non-hydrogen) atoms. The predicted molar refractivity (Wildman–Crippen MR) is 92.6 cm³/mol. The van der Waals surface area contributed by atoms with E-state index < -0.39 is 52.7 Å². The van der Waals surface area contributed by atoms with E-state index in [4.69, 9.17) is 45.2 Å². The fraction of sp³-hybridized carbons (Fsp3) is 0. The van der Waals surface area contributed by atoms with Gasteiger partial charge in [-0.1, -0.05) is 0 Å². The molecule has 0 saturated carbocycles. The van der Waals surface area contributed by atoms with Crippen LogP contribution in [0, 0.1) is 0 Å². The van der Waals surface area contributed by atoms with E-state index in [0.717, 1.165) is 36.4 Å². The van der Waals surface area contributed by atoms with E-state index >= 15 is 0 Å². The molecule has 6 N–H and O–H groups in total. The molecule has 2 rings (SSSR count). The first kappa shape index (κ1) is 23.2. The van der Waals surface area contributed by atoms with Crippen LogP contribution in [0.5, 0.6) is 11.5 Å². The molecule has 0 aliphatic heterocycles.